The summed E-state index contributed by atoms with van der Waals surface area (Å²) >= 11 is 6.31. The Labute approximate surface area is 80.3 Å². The van der Waals surface area contributed by atoms with Gasteiger partial charge in [0.2, 0.25) is 0 Å². The van der Waals surface area contributed by atoms with Gasteiger partial charge in [0.1, 0.15) is 0 Å². The maximum Gasteiger partial charge on any atom is 0.471 e. The molecule has 0 fully saturated rings. The predicted molar refractivity (Wildman–Crippen MR) is 44.0 cm³/mol. The van der Waals surface area contributed by atoms with Crippen molar-refractivity contribution in [3.63, 3.8) is 0 Å². The molecule has 2 nitrogen and oxygen atoms in total. The number of amides is 1. The van der Waals surface area contributed by atoms with E-state index in [4.69, 9.17) is 11.6 Å². The Morgan fingerprint density at radius 2 is 2.08 bits per heavy atom. The zero-order valence-electron chi connectivity index (χ0n) is 5.98. The van der Waals surface area contributed by atoms with Crippen LogP contribution in [0, 0.1) is 0 Å². The molecule has 1 rings (SSSR count). The normalized spacial score (nSPS) is 11.4. The van der Waals surface area contributed by atoms with Gasteiger partial charge < -0.3 is 5.32 Å². The Hall–Kier alpha value is -0.750. The van der Waals surface area contributed by atoms with Crippen LogP contribution in [0.3, 0.4) is 0 Å². The second-order valence-corrected chi connectivity index (χ2v) is 3.77. The lowest BCUT2D eigenvalue weighted by Crippen LogP contribution is -2.29. The molecule has 13 heavy (non-hydrogen) atoms. The SMILES string of the molecule is O=C(Nc1ccc(Cl)s1)C(F)(F)F. The highest BCUT2D eigenvalue weighted by Gasteiger charge is 2.38. The highest BCUT2D eigenvalue weighted by atomic mass is 35.5. The predicted octanol–water partition coefficient (Wildman–Crippen LogP) is 2.90. The molecule has 1 heterocycles. The first-order valence-corrected chi connectivity index (χ1v) is 4.22. The molecule has 0 radical (unpaired) electrons. The van der Waals surface area contributed by atoms with Crippen LogP contribution in [0.15, 0.2) is 12.1 Å². The molecule has 0 atom stereocenters. The van der Waals surface area contributed by atoms with Gasteiger partial charge in [-0.15, -0.1) is 11.3 Å². The van der Waals surface area contributed by atoms with Crippen molar-refractivity contribution in [2.24, 2.45) is 0 Å². The van der Waals surface area contributed by atoms with Crippen LogP contribution in [0.2, 0.25) is 4.34 Å². The van der Waals surface area contributed by atoms with E-state index in [0.717, 1.165) is 11.3 Å². The molecule has 7 heteroatoms. The molecule has 1 N–H and O–H groups in total. The minimum absolute atomic E-state index is 0.0762. The fourth-order valence-electron chi connectivity index (χ4n) is 0.564. The maximum atomic E-state index is 11.7. The smallest absolute Gasteiger partial charge is 0.310 e. The molecule has 0 unspecified atom stereocenters. The lowest BCUT2D eigenvalue weighted by molar-refractivity contribution is -0.167. The van der Waals surface area contributed by atoms with E-state index in [1.807, 2.05) is 0 Å². The highest BCUT2D eigenvalue weighted by Crippen LogP contribution is 2.27. The molecule has 1 amide bonds. The number of halogens is 4. The third-order valence-corrected chi connectivity index (χ3v) is 2.21. The number of carbonyl (C=O) groups excluding carboxylic acids is 1. The minimum atomic E-state index is -4.86. The van der Waals surface area contributed by atoms with Crippen molar-refractivity contribution in [2.75, 3.05) is 5.32 Å². The van der Waals surface area contributed by atoms with Gasteiger partial charge in [-0.3, -0.25) is 4.79 Å². The van der Waals surface area contributed by atoms with Gasteiger partial charge in [-0.05, 0) is 12.1 Å². The molecule has 72 valence electrons. The van der Waals surface area contributed by atoms with Crippen molar-refractivity contribution in [1.29, 1.82) is 0 Å². The van der Waals surface area contributed by atoms with Crippen LogP contribution >= 0.6 is 22.9 Å². The van der Waals surface area contributed by atoms with Crippen molar-refractivity contribution >= 4 is 33.8 Å². The molecular weight excluding hydrogens is 227 g/mol. The van der Waals surface area contributed by atoms with E-state index < -0.39 is 12.1 Å². The Balaban J connectivity index is 2.65. The number of carbonyl (C=O) groups is 1. The molecule has 0 bridgehead atoms. The standard InChI is InChI=1S/C6H3ClF3NOS/c7-3-1-2-4(13-3)11-5(12)6(8,9)10/h1-2H,(H,11,12). The molecule has 0 saturated carbocycles. The summed E-state index contributed by atoms with van der Waals surface area (Å²) in [5.41, 5.74) is 0. The second kappa shape index (κ2) is 3.55. The summed E-state index contributed by atoms with van der Waals surface area (Å²) in [5, 5.41) is 1.75. The number of anilines is 1. The third kappa shape index (κ3) is 2.89. The van der Waals surface area contributed by atoms with Crippen molar-refractivity contribution in [3.05, 3.63) is 16.5 Å². The van der Waals surface area contributed by atoms with E-state index in [1.54, 1.807) is 5.32 Å². The quantitative estimate of drug-likeness (QED) is 0.788. The van der Waals surface area contributed by atoms with E-state index in [2.05, 4.69) is 0 Å². The molecule has 1 aromatic rings. The van der Waals surface area contributed by atoms with Gasteiger partial charge in [-0.25, -0.2) is 0 Å². The van der Waals surface area contributed by atoms with Crippen LogP contribution in [-0.2, 0) is 4.79 Å². The van der Waals surface area contributed by atoms with E-state index in [9.17, 15) is 18.0 Å². The molecule has 0 spiro atoms. The van der Waals surface area contributed by atoms with E-state index >= 15 is 0 Å². The van der Waals surface area contributed by atoms with Crippen molar-refractivity contribution in [1.82, 2.24) is 0 Å². The summed E-state index contributed by atoms with van der Waals surface area (Å²) in [6.45, 7) is 0. The zero-order chi connectivity index (χ0) is 10.1. The molecule has 0 saturated heterocycles. The van der Waals surface area contributed by atoms with Gasteiger partial charge >= 0.3 is 12.1 Å². The average Bonchev–Trinajstić information content (AvgIpc) is 2.33. The Morgan fingerprint density at radius 3 is 2.46 bits per heavy atom. The summed E-state index contributed by atoms with van der Waals surface area (Å²) in [7, 11) is 0. The number of hydrogen-bond donors (Lipinski definition) is 1. The first-order chi connectivity index (χ1) is 5.89. The lowest BCUT2D eigenvalue weighted by atomic mass is 10.5. The van der Waals surface area contributed by atoms with Gasteiger partial charge in [0, 0.05) is 0 Å². The zero-order valence-corrected chi connectivity index (χ0v) is 7.56. The number of alkyl halides is 3. The summed E-state index contributed by atoms with van der Waals surface area (Å²) in [5.74, 6) is -1.99. The molecule has 0 aliphatic heterocycles. The van der Waals surface area contributed by atoms with Crippen LogP contribution in [0.25, 0.3) is 0 Å². The van der Waals surface area contributed by atoms with E-state index in [-0.39, 0.29) is 5.00 Å². The van der Waals surface area contributed by atoms with Gasteiger partial charge in [0.25, 0.3) is 0 Å². The lowest BCUT2D eigenvalue weighted by Gasteiger charge is -2.04. The number of hydrogen-bond acceptors (Lipinski definition) is 2. The van der Waals surface area contributed by atoms with Gasteiger partial charge in [-0.1, -0.05) is 11.6 Å². The topological polar surface area (TPSA) is 29.1 Å². The monoisotopic (exact) mass is 229 g/mol. The van der Waals surface area contributed by atoms with Crippen molar-refractivity contribution in [2.45, 2.75) is 6.18 Å². The second-order valence-electron chi connectivity index (χ2n) is 2.06. The van der Waals surface area contributed by atoms with Gasteiger partial charge in [-0.2, -0.15) is 13.2 Å². The summed E-state index contributed by atoms with van der Waals surface area (Å²) in [6.07, 6.45) is -4.86. The molecule has 1 aromatic heterocycles. The summed E-state index contributed by atoms with van der Waals surface area (Å²) in [4.78, 5) is 10.4. The van der Waals surface area contributed by atoms with Gasteiger partial charge in [0.05, 0.1) is 9.34 Å². The van der Waals surface area contributed by atoms with Crippen molar-refractivity contribution in [3.8, 4) is 0 Å². The van der Waals surface area contributed by atoms with Crippen LogP contribution in [0.5, 0.6) is 0 Å². The number of thiophene rings is 1. The van der Waals surface area contributed by atoms with Crippen LogP contribution in [-0.4, -0.2) is 12.1 Å². The fourth-order valence-corrected chi connectivity index (χ4v) is 1.50. The van der Waals surface area contributed by atoms with Gasteiger partial charge in [0.15, 0.2) is 0 Å². The highest BCUT2D eigenvalue weighted by molar-refractivity contribution is 7.20. The molecule has 0 aromatic carbocycles. The maximum absolute atomic E-state index is 11.7. The first-order valence-electron chi connectivity index (χ1n) is 3.03. The number of rotatable bonds is 1. The fraction of sp³-hybridized carbons (Fsp3) is 0.167. The van der Waals surface area contributed by atoms with E-state index in [0.29, 0.717) is 4.34 Å². The summed E-state index contributed by atoms with van der Waals surface area (Å²) in [6, 6.07) is 2.70. The summed E-state index contributed by atoms with van der Waals surface area (Å²) < 4.78 is 35.4. The van der Waals surface area contributed by atoms with E-state index in [1.165, 1.54) is 12.1 Å². The van der Waals surface area contributed by atoms with Crippen molar-refractivity contribution < 1.29 is 18.0 Å². The Morgan fingerprint density at radius 1 is 1.46 bits per heavy atom. The minimum Gasteiger partial charge on any atom is -0.310 e. The first kappa shape index (κ1) is 10.3. The third-order valence-electron chi connectivity index (χ3n) is 1.07. The van der Waals surface area contributed by atoms with Crippen LogP contribution in [0.1, 0.15) is 0 Å². The molecule has 0 aliphatic rings. The Bertz CT molecular complexity index is 322. The average molecular weight is 230 g/mol. The van der Waals surface area contributed by atoms with Crippen LogP contribution in [0.4, 0.5) is 18.2 Å². The molecular formula is C6H3ClF3NOS. The largest absolute Gasteiger partial charge is 0.471 e. The number of nitrogens with one attached hydrogen (secondary N) is 1. The molecule has 0 aliphatic carbocycles. The van der Waals surface area contributed by atoms with Crippen LogP contribution < -0.4 is 5.32 Å². The Kier molecular flexibility index (Phi) is 2.82.